The van der Waals surface area contributed by atoms with Crippen molar-refractivity contribution in [2.75, 3.05) is 25.0 Å². The zero-order valence-electron chi connectivity index (χ0n) is 13.6. The molecule has 1 spiro atoms. The molecule has 1 saturated heterocycles. The Balaban J connectivity index is 1.72. The summed E-state index contributed by atoms with van der Waals surface area (Å²) in [6.07, 6.45) is 0.486. The molecule has 2 heterocycles. The van der Waals surface area contributed by atoms with Crippen molar-refractivity contribution in [2.45, 2.75) is 16.7 Å². The summed E-state index contributed by atoms with van der Waals surface area (Å²) in [4.78, 5) is 14.8. The van der Waals surface area contributed by atoms with Crippen LogP contribution in [0.3, 0.4) is 0 Å². The lowest BCUT2D eigenvalue weighted by atomic mass is 9.81. The van der Waals surface area contributed by atoms with Gasteiger partial charge in [-0.25, -0.2) is 8.42 Å². The summed E-state index contributed by atoms with van der Waals surface area (Å²) in [6.45, 7) is 0.483. The van der Waals surface area contributed by atoms with E-state index in [-0.39, 0.29) is 17.3 Å². The number of likely N-dealkylation sites (N-methyl/N-ethyl adjacent to an activating group) is 1. The van der Waals surface area contributed by atoms with Crippen LogP contribution in [-0.2, 0) is 20.2 Å². The number of amides is 1. The predicted octanol–water partition coefficient (Wildman–Crippen LogP) is 2.65. The lowest BCUT2D eigenvalue weighted by molar-refractivity contribution is -0.122. The van der Waals surface area contributed by atoms with Crippen molar-refractivity contribution in [2.24, 2.45) is 0 Å². The van der Waals surface area contributed by atoms with Crippen LogP contribution in [0.5, 0.6) is 0 Å². The molecule has 0 saturated carbocycles. The number of carbonyl (C=O) groups is 1. The van der Waals surface area contributed by atoms with E-state index < -0.39 is 15.4 Å². The Morgan fingerprint density at radius 1 is 1.08 bits per heavy atom. The molecule has 7 heteroatoms. The quantitative estimate of drug-likeness (QED) is 0.809. The van der Waals surface area contributed by atoms with E-state index in [4.69, 9.17) is 11.6 Å². The summed E-state index contributed by atoms with van der Waals surface area (Å²) in [5.41, 5.74) is 0.986. The minimum atomic E-state index is -3.66. The monoisotopic (exact) mass is 376 g/mol. The highest BCUT2D eigenvalue weighted by Crippen LogP contribution is 2.47. The SMILES string of the molecule is CN1C(=O)[C@@]2(CCN(S(=O)(=O)c3ccc(Cl)cc3)C2)c2ccccc21. The maximum atomic E-state index is 12.9. The number of nitrogens with zero attached hydrogens (tertiary/aromatic N) is 2. The van der Waals surface area contributed by atoms with Crippen molar-refractivity contribution >= 4 is 33.2 Å². The number of carbonyl (C=O) groups excluding carboxylic acids is 1. The summed E-state index contributed by atoms with van der Waals surface area (Å²) >= 11 is 5.85. The van der Waals surface area contributed by atoms with Crippen molar-refractivity contribution in [3.63, 3.8) is 0 Å². The average Bonchev–Trinajstić information content (AvgIpc) is 3.15. The van der Waals surface area contributed by atoms with E-state index in [9.17, 15) is 13.2 Å². The molecule has 0 bridgehead atoms. The molecule has 2 aliphatic heterocycles. The topological polar surface area (TPSA) is 57.7 Å². The van der Waals surface area contributed by atoms with Gasteiger partial charge >= 0.3 is 0 Å². The molecule has 4 rings (SSSR count). The zero-order valence-corrected chi connectivity index (χ0v) is 15.2. The lowest BCUT2D eigenvalue weighted by Gasteiger charge is -2.23. The van der Waals surface area contributed by atoms with Gasteiger partial charge in [0.05, 0.1) is 10.3 Å². The maximum Gasteiger partial charge on any atom is 0.243 e. The summed E-state index contributed by atoms with van der Waals surface area (Å²) in [5.74, 6) is -0.0393. The van der Waals surface area contributed by atoms with E-state index in [0.29, 0.717) is 18.0 Å². The Hall–Kier alpha value is -1.89. The second-order valence-electron chi connectivity index (χ2n) is 6.51. The van der Waals surface area contributed by atoms with E-state index in [1.165, 1.54) is 16.4 Å². The van der Waals surface area contributed by atoms with Gasteiger partial charge in [-0.05, 0) is 42.3 Å². The summed E-state index contributed by atoms with van der Waals surface area (Å²) in [7, 11) is -1.92. The number of sulfonamides is 1. The molecule has 0 aromatic heterocycles. The first-order valence-corrected chi connectivity index (χ1v) is 9.81. The molecule has 0 N–H and O–H groups in total. The van der Waals surface area contributed by atoms with Crippen molar-refractivity contribution in [1.82, 2.24) is 4.31 Å². The molecular formula is C18H17ClN2O3S. The Kier molecular flexibility index (Phi) is 3.68. The number of rotatable bonds is 2. The minimum Gasteiger partial charge on any atom is -0.314 e. The third-order valence-corrected chi connectivity index (χ3v) is 7.29. The molecule has 25 heavy (non-hydrogen) atoms. The van der Waals surface area contributed by atoms with Crippen LogP contribution in [0.25, 0.3) is 0 Å². The van der Waals surface area contributed by atoms with Crippen LogP contribution < -0.4 is 4.90 Å². The van der Waals surface area contributed by atoms with Crippen LogP contribution >= 0.6 is 11.6 Å². The number of anilines is 1. The predicted molar refractivity (Wildman–Crippen MR) is 96.4 cm³/mol. The molecule has 1 atom stereocenters. The van der Waals surface area contributed by atoms with Crippen molar-refractivity contribution in [3.8, 4) is 0 Å². The van der Waals surface area contributed by atoms with Gasteiger partial charge in [0.2, 0.25) is 15.9 Å². The first-order chi connectivity index (χ1) is 11.9. The standard InChI is InChI=1S/C18H17ClN2O3S/c1-20-16-5-3-2-4-15(16)18(17(20)22)10-11-21(12-18)25(23,24)14-8-6-13(19)7-9-14/h2-9H,10-12H2,1H3/t18-/m1/s1. The Morgan fingerprint density at radius 3 is 2.48 bits per heavy atom. The van der Waals surface area contributed by atoms with Crippen molar-refractivity contribution in [1.29, 1.82) is 0 Å². The first-order valence-electron chi connectivity index (χ1n) is 8.00. The Bertz CT molecular complexity index is 959. The van der Waals surface area contributed by atoms with E-state index in [1.54, 1.807) is 24.1 Å². The molecule has 130 valence electrons. The van der Waals surface area contributed by atoms with E-state index >= 15 is 0 Å². The van der Waals surface area contributed by atoms with Gasteiger partial charge in [0, 0.05) is 30.8 Å². The second-order valence-corrected chi connectivity index (χ2v) is 8.88. The molecule has 1 amide bonds. The van der Waals surface area contributed by atoms with E-state index in [0.717, 1.165) is 11.3 Å². The number of fused-ring (bicyclic) bond motifs is 2. The summed E-state index contributed by atoms with van der Waals surface area (Å²) in [5, 5.41) is 0.485. The highest BCUT2D eigenvalue weighted by molar-refractivity contribution is 7.89. The fourth-order valence-corrected chi connectivity index (χ4v) is 5.47. The van der Waals surface area contributed by atoms with Crippen molar-refractivity contribution < 1.29 is 13.2 Å². The number of halogens is 1. The van der Waals surface area contributed by atoms with Gasteiger partial charge in [-0.3, -0.25) is 4.79 Å². The minimum absolute atomic E-state index is 0.0393. The molecule has 5 nitrogen and oxygen atoms in total. The molecule has 0 radical (unpaired) electrons. The highest BCUT2D eigenvalue weighted by Gasteiger charge is 2.55. The molecule has 2 aliphatic rings. The molecule has 1 fully saturated rings. The third-order valence-electron chi connectivity index (χ3n) is 5.18. The Labute approximate surface area is 151 Å². The normalized spacial score (nSPS) is 23.4. The van der Waals surface area contributed by atoms with Crippen LogP contribution in [0, 0.1) is 0 Å². The largest absolute Gasteiger partial charge is 0.314 e. The van der Waals surface area contributed by atoms with Crippen LogP contribution in [0.15, 0.2) is 53.4 Å². The van der Waals surface area contributed by atoms with Crippen LogP contribution in [0.4, 0.5) is 5.69 Å². The van der Waals surface area contributed by atoms with Gasteiger partial charge < -0.3 is 4.90 Å². The van der Waals surface area contributed by atoms with Gasteiger partial charge in [-0.2, -0.15) is 4.31 Å². The van der Waals surface area contributed by atoms with Crippen LogP contribution in [-0.4, -0.2) is 38.8 Å². The number of hydrogen-bond donors (Lipinski definition) is 0. The zero-order chi connectivity index (χ0) is 17.8. The number of benzene rings is 2. The molecule has 0 aliphatic carbocycles. The number of para-hydroxylation sites is 1. The lowest BCUT2D eigenvalue weighted by Crippen LogP contribution is -2.42. The maximum absolute atomic E-state index is 12.9. The summed E-state index contributed by atoms with van der Waals surface area (Å²) in [6, 6.07) is 13.7. The van der Waals surface area contributed by atoms with E-state index in [2.05, 4.69) is 0 Å². The third kappa shape index (κ3) is 2.32. The van der Waals surface area contributed by atoms with E-state index in [1.807, 2.05) is 24.3 Å². The van der Waals surface area contributed by atoms with Gasteiger partial charge in [0.15, 0.2) is 0 Å². The molecule has 2 aromatic rings. The molecule has 2 aromatic carbocycles. The van der Waals surface area contributed by atoms with Crippen LogP contribution in [0.1, 0.15) is 12.0 Å². The Morgan fingerprint density at radius 2 is 1.76 bits per heavy atom. The molecular weight excluding hydrogens is 360 g/mol. The van der Waals surface area contributed by atoms with Gasteiger partial charge in [0.1, 0.15) is 0 Å². The smallest absolute Gasteiger partial charge is 0.243 e. The fourth-order valence-electron chi connectivity index (χ4n) is 3.85. The summed E-state index contributed by atoms with van der Waals surface area (Å²) < 4.78 is 27.3. The average molecular weight is 377 g/mol. The van der Waals surface area contributed by atoms with Gasteiger partial charge in [-0.15, -0.1) is 0 Å². The first kappa shape index (κ1) is 16.6. The van der Waals surface area contributed by atoms with Gasteiger partial charge in [-0.1, -0.05) is 29.8 Å². The number of hydrogen-bond acceptors (Lipinski definition) is 3. The van der Waals surface area contributed by atoms with Crippen LogP contribution in [0.2, 0.25) is 5.02 Å². The van der Waals surface area contributed by atoms with Gasteiger partial charge in [0.25, 0.3) is 0 Å². The fraction of sp³-hybridized carbons (Fsp3) is 0.278. The highest BCUT2D eigenvalue weighted by atomic mass is 35.5. The second kappa shape index (κ2) is 5.56. The molecule has 0 unspecified atom stereocenters. The van der Waals surface area contributed by atoms with Crippen molar-refractivity contribution in [3.05, 3.63) is 59.1 Å².